The molecule has 0 aliphatic rings. The van der Waals surface area contributed by atoms with Gasteiger partial charge in [-0.05, 0) is 12.7 Å². The van der Waals surface area contributed by atoms with Crippen molar-refractivity contribution in [3.63, 3.8) is 0 Å². The first-order valence-corrected chi connectivity index (χ1v) is 6.90. The summed E-state index contributed by atoms with van der Waals surface area (Å²) in [5, 5.41) is 3.32. The number of rotatable bonds is 7. The highest BCUT2D eigenvalue weighted by molar-refractivity contribution is 9.10. The fourth-order valence-electron chi connectivity index (χ4n) is 1.00. The van der Waals surface area contributed by atoms with Crippen molar-refractivity contribution in [3.8, 4) is 0 Å². The first-order valence-electron chi connectivity index (χ1n) is 4.59. The Kier molecular flexibility index (Phi) is 8.72. The minimum absolute atomic E-state index is 0.225. The van der Waals surface area contributed by atoms with Crippen LogP contribution in [0.25, 0.3) is 0 Å². The molecule has 0 fully saturated rings. The van der Waals surface area contributed by atoms with Gasteiger partial charge in [0.25, 0.3) is 0 Å². The summed E-state index contributed by atoms with van der Waals surface area (Å²) < 4.78 is 4.61. The molecular weight excluding hydrogens is 266 g/mol. The number of ether oxygens (including phenoxy) is 1. The van der Waals surface area contributed by atoms with E-state index in [9.17, 15) is 4.79 Å². The molecule has 3 nitrogen and oxygen atoms in total. The van der Waals surface area contributed by atoms with E-state index in [0.29, 0.717) is 12.6 Å². The van der Waals surface area contributed by atoms with Crippen LogP contribution in [-0.4, -0.2) is 42.5 Å². The van der Waals surface area contributed by atoms with Gasteiger partial charge in [0.05, 0.1) is 7.11 Å². The summed E-state index contributed by atoms with van der Waals surface area (Å²) in [5.41, 5.74) is 0. The zero-order valence-corrected chi connectivity index (χ0v) is 11.3. The molecule has 0 aromatic rings. The van der Waals surface area contributed by atoms with Crippen molar-refractivity contribution >= 4 is 33.7 Å². The molecule has 0 aliphatic carbocycles. The second-order valence-electron chi connectivity index (χ2n) is 2.96. The van der Waals surface area contributed by atoms with E-state index in [1.54, 1.807) is 11.8 Å². The van der Waals surface area contributed by atoms with Crippen LogP contribution in [-0.2, 0) is 9.53 Å². The maximum atomic E-state index is 11.1. The molecule has 2 unspecified atom stereocenters. The molecule has 5 heteroatoms. The van der Waals surface area contributed by atoms with Crippen LogP contribution in [0.15, 0.2) is 0 Å². The summed E-state index contributed by atoms with van der Waals surface area (Å²) >= 11 is 5.07. The fourth-order valence-corrected chi connectivity index (χ4v) is 2.13. The van der Waals surface area contributed by atoms with Gasteiger partial charge in [0.1, 0.15) is 4.83 Å². The number of hydrogen-bond donors (Lipinski definition) is 1. The minimum Gasteiger partial charge on any atom is -0.468 e. The number of hydrogen-bond acceptors (Lipinski definition) is 4. The van der Waals surface area contributed by atoms with Crippen LogP contribution in [0, 0.1) is 0 Å². The minimum atomic E-state index is -0.247. The second-order valence-corrected chi connectivity index (χ2v) is 4.98. The molecule has 0 aromatic carbocycles. The number of carbonyl (C=O) groups excluding carboxylic acids is 1. The molecule has 0 spiro atoms. The number of halogens is 1. The molecule has 1 N–H and O–H groups in total. The zero-order valence-electron chi connectivity index (χ0n) is 8.88. The average Bonchev–Trinajstić information content (AvgIpc) is 2.22. The quantitative estimate of drug-likeness (QED) is 0.570. The Morgan fingerprint density at radius 2 is 2.29 bits per heavy atom. The lowest BCUT2D eigenvalue weighted by molar-refractivity contribution is -0.139. The number of thioether (sulfide) groups is 1. The third-order valence-corrected chi connectivity index (χ3v) is 3.34. The van der Waals surface area contributed by atoms with Crippen molar-refractivity contribution in [3.05, 3.63) is 0 Å². The first kappa shape index (κ1) is 14.3. The molecule has 0 rings (SSSR count). The predicted molar refractivity (Wildman–Crippen MR) is 65.2 cm³/mol. The molecule has 2 atom stereocenters. The summed E-state index contributed by atoms with van der Waals surface area (Å²) in [5.74, 6) is 0.841. The summed E-state index contributed by atoms with van der Waals surface area (Å²) in [6.07, 6.45) is 3.15. The maximum Gasteiger partial charge on any atom is 0.320 e. The smallest absolute Gasteiger partial charge is 0.320 e. The fraction of sp³-hybridized carbons (Fsp3) is 0.889. The summed E-state index contributed by atoms with van der Waals surface area (Å²) in [6, 6.07) is 0.467. The highest BCUT2D eigenvalue weighted by Crippen LogP contribution is 2.04. The Bertz CT molecular complexity index is 169. The molecule has 0 radical (unpaired) electrons. The normalized spacial score (nSPS) is 14.9. The van der Waals surface area contributed by atoms with E-state index < -0.39 is 0 Å². The van der Waals surface area contributed by atoms with Crippen LogP contribution < -0.4 is 5.32 Å². The number of carbonyl (C=O) groups is 1. The van der Waals surface area contributed by atoms with E-state index in [1.807, 2.05) is 0 Å². The van der Waals surface area contributed by atoms with Crippen LogP contribution in [0.1, 0.15) is 13.3 Å². The lowest BCUT2D eigenvalue weighted by Gasteiger charge is -2.17. The zero-order chi connectivity index (χ0) is 11.0. The molecule has 0 saturated heterocycles. The van der Waals surface area contributed by atoms with Crippen molar-refractivity contribution in [1.82, 2.24) is 5.32 Å². The lowest BCUT2D eigenvalue weighted by Crippen LogP contribution is -2.37. The number of methoxy groups -OCH3 is 1. The van der Waals surface area contributed by atoms with Crippen LogP contribution in [0.3, 0.4) is 0 Å². The second kappa shape index (κ2) is 8.56. The van der Waals surface area contributed by atoms with Crippen LogP contribution in [0.2, 0.25) is 0 Å². The van der Waals surface area contributed by atoms with Gasteiger partial charge in [0.15, 0.2) is 0 Å². The van der Waals surface area contributed by atoms with Crippen LogP contribution in [0.4, 0.5) is 0 Å². The van der Waals surface area contributed by atoms with Gasteiger partial charge in [-0.2, -0.15) is 11.8 Å². The molecule has 0 heterocycles. The van der Waals surface area contributed by atoms with Crippen LogP contribution in [0.5, 0.6) is 0 Å². The van der Waals surface area contributed by atoms with Gasteiger partial charge >= 0.3 is 5.97 Å². The van der Waals surface area contributed by atoms with E-state index in [-0.39, 0.29) is 10.8 Å². The van der Waals surface area contributed by atoms with Crippen molar-refractivity contribution in [2.75, 3.05) is 25.7 Å². The third kappa shape index (κ3) is 5.88. The first-order chi connectivity index (χ1) is 6.65. The van der Waals surface area contributed by atoms with Gasteiger partial charge in [-0.1, -0.05) is 22.9 Å². The van der Waals surface area contributed by atoms with E-state index in [4.69, 9.17) is 0 Å². The largest absolute Gasteiger partial charge is 0.468 e. The Labute approximate surface area is 98.5 Å². The summed E-state index contributed by atoms with van der Waals surface area (Å²) in [7, 11) is 1.40. The molecule has 14 heavy (non-hydrogen) atoms. The van der Waals surface area contributed by atoms with E-state index in [2.05, 4.69) is 39.2 Å². The van der Waals surface area contributed by atoms with Gasteiger partial charge in [-0.25, -0.2) is 0 Å². The van der Waals surface area contributed by atoms with Gasteiger partial charge in [-0.15, -0.1) is 0 Å². The number of alkyl halides is 1. The van der Waals surface area contributed by atoms with Gasteiger partial charge in [0.2, 0.25) is 0 Å². The highest BCUT2D eigenvalue weighted by Gasteiger charge is 2.16. The standard InChI is InChI=1S/C9H18BrNO2S/c1-4-7(6-14-3)11-5-8(10)9(12)13-2/h7-8,11H,4-6H2,1-3H3. The predicted octanol–water partition coefficient (Wildman–Crippen LogP) is 1.65. The Balaban J connectivity index is 3.72. The molecule has 84 valence electrons. The lowest BCUT2D eigenvalue weighted by atomic mass is 10.2. The SMILES string of the molecule is CCC(CSC)NCC(Br)C(=O)OC. The molecule has 0 aromatic heterocycles. The van der Waals surface area contributed by atoms with Crippen molar-refractivity contribution in [1.29, 1.82) is 0 Å². The average molecular weight is 284 g/mol. The highest BCUT2D eigenvalue weighted by atomic mass is 79.9. The van der Waals surface area contributed by atoms with Gasteiger partial charge in [0, 0.05) is 18.3 Å². The van der Waals surface area contributed by atoms with E-state index in [0.717, 1.165) is 12.2 Å². The van der Waals surface area contributed by atoms with Crippen molar-refractivity contribution in [2.45, 2.75) is 24.2 Å². The Hall–Kier alpha value is 0.260. The molecule has 0 saturated carbocycles. The maximum absolute atomic E-state index is 11.1. The molecule has 0 amide bonds. The van der Waals surface area contributed by atoms with E-state index in [1.165, 1.54) is 7.11 Å². The summed E-state index contributed by atoms with van der Waals surface area (Å²) in [6.45, 7) is 2.75. The van der Waals surface area contributed by atoms with E-state index >= 15 is 0 Å². The van der Waals surface area contributed by atoms with Crippen LogP contribution >= 0.6 is 27.7 Å². The Morgan fingerprint density at radius 3 is 2.71 bits per heavy atom. The third-order valence-electron chi connectivity index (χ3n) is 1.90. The summed E-state index contributed by atoms with van der Waals surface area (Å²) in [4.78, 5) is 10.8. The monoisotopic (exact) mass is 283 g/mol. The molecule has 0 bridgehead atoms. The number of nitrogens with one attached hydrogen (secondary N) is 1. The Morgan fingerprint density at radius 1 is 1.64 bits per heavy atom. The molecular formula is C9H18BrNO2S. The van der Waals surface area contributed by atoms with Crippen molar-refractivity contribution in [2.24, 2.45) is 0 Å². The number of esters is 1. The molecule has 0 aliphatic heterocycles. The van der Waals surface area contributed by atoms with Gasteiger partial charge in [-0.3, -0.25) is 4.79 Å². The topological polar surface area (TPSA) is 38.3 Å². The van der Waals surface area contributed by atoms with Crippen molar-refractivity contribution < 1.29 is 9.53 Å². The van der Waals surface area contributed by atoms with Gasteiger partial charge < -0.3 is 10.1 Å².